The topological polar surface area (TPSA) is 90.3 Å². The minimum atomic E-state index is -1.14. The van der Waals surface area contributed by atoms with Crippen LogP contribution in [0.25, 0.3) is 0 Å². The van der Waals surface area contributed by atoms with Crippen LogP contribution in [-0.2, 0) is 5.60 Å². The molecule has 0 saturated heterocycles. The molecule has 0 fully saturated rings. The Kier molecular flexibility index (Phi) is 3.51. The third-order valence-corrected chi connectivity index (χ3v) is 3.16. The SMILES string of the molecule is CC(C)(O)c1cc(C(=N)c2ccccc2)c(O)cc1N. The van der Waals surface area contributed by atoms with Gasteiger partial charge in [-0.2, -0.15) is 0 Å². The lowest BCUT2D eigenvalue weighted by atomic mass is 9.91. The van der Waals surface area contributed by atoms with Crippen LogP contribution in [0.4, 0.5) is 5.69 Å². The summed E-state index contributed by atoms with van der Waals surface area (Å²) in [5, 5.41) is 28.3. The first kappa shape index (κ1) is 14.1. The molecule has 0 heterocycles. The molecule has 0 aliphatic carbocycles. The summed E-state index contributed by atoms with van der Waals surface area (Å²) in [6, 6.07) is 12.1. The quantitative estimate of drug-likeness (QED) is 0.510. The van der Waals surface area contributed by atoms with Crippen LogP contribution in [0.3, 0.4) is 0 Å². The van der Waals surface area contributed by atoms with E-state index in [9.17, 15) is 10.2 Å². The van der Waals surface area contributed by atoms with Gasteiger partial charge in [0, 0.05) is 28.4 Å². The second-order valence-corrected chi connectivity index (χ2v) is 5.26. The van der Waals surface area contributed by atoms with E-state index in [-0.39, 0.29) is 11.5 Å². The summed E-state index contributed by atoms with van der Waals surface area (Å²) in [5.41, 5.74) is 6.71. The van der Waals surface area contributed by atoms with E-state index in [0.717, 1.165) is 0 Å². The molecule has 2 aromatic rings. The first-order valence-electron chi connectivity index (χ1n) is 6.30. The van der Waals surface area contributed by atoms with Crippen molar-refractivity contribution < 1.29 is 10.2 Å². The summed E-state index contributed by atoms with van der Waals surface area (Å²) < 4.78 is 0. The van der Waals surface area contributed by atoms with Crippen molar-refractivity contribution in [3.63, 3.8) is 0 Å². The minimum absolute atomic E-state index is 0.0654. The van der Waals surface area contributed by atoms with Crippen LogP contribution in [0.5, 0.6) is 5.75 Å². The Hall–Kier alpha value is -2.33. The van der Waals surface area contributed by atoms with E-state index in [0.29, 0.717) is 22.4 Å². The van der Waals surface area contributed by atoms with E-state index in [1.165, 1.54) is 6.07 Å². The number of nitrogens with two attached hydrogens (primary N) is 1. The maximum atomic E-state index is 10.1. The van der Waals surface area contributed by atoms with Crippen molar-refractivity contribution in [2.24, 2.45) is 0 Å². The van der Waals surface area contributed by atoms with Crippen molar-refractivity contribution in [2.75, 3.05) is 5.73 Å². The molecule has 0 aliphatic heterocycles. The number of nitrogens with one attached hydrogen (secondary N) is 1. The Bertz CT molecular complexity index is 644. The summed E-state index contributed by atoms with van der Waals surface area (Å²) in [6.45, 7) is 3.23. The number of phenols is 1. The lowest BCUT2D eigenvalue weighted by Gasteiger charge is -2.21. The van der Waals surface area contributed by atoms with Crippen LogP contribution in [-0.4, -0.2) is 15.9 Å². The lowest BCUT2D eigenvalue weighted by molar-refractivity contribution is 0.0793. The van der Waals surface area contributed by atoms with Crippen molar-refractivity contribution in [2.45, 2.75) is 19.4 Å². The van der Waals surface area contributed by atoms with Crippen molar-refractivity contribution >= 4 is 11.4 Å². The van der Waals surface area contributed by atoms with Crippen LogP contribution in [0.1, 0.15) is 30.5 Å². The molecule has 104 valence electrons. The first-order valence-corrected chi connectivity index (χ1v) is 6.30. The molecule has 20 heavy (non-hydrogen) atoms. The molecule has 0 atom stereocenters. The molecule has 0 spiro atoms. The molecule has 0 bridgehead atoms. The Morgan fingerprint density at radius 3 is 2.30 bits per heavy atom. The van der Waals surface area contributed by atoms with E-state index in [1.54, 1.807) is 32.0 Å². The summed E-state index contributed by atoms with van der Waals surface area (Å²) >= 11 is 0. The average Bonchev–Trinajstić information content (AvgIpc) is 2.37. The van der Waals surface area contributed by atoms with Crippen molar-refractivity contribution in [1.29, 1.82) is 5.41 Å². The predicted molar refractivity (Wildman–Crippen MR) is 80.1 cm³/mol. The number of benzene rings is 2. The second kappa shape index (κ2) is 4.98. The molecular weight excluding hydrogens is 252 g/mol. The Labute approximate surface area is 118 Å². The van der Waals surface area contributed by atoms with E-state index in [4.69, 9.17) is 11.1 Å². The highest BCUT2D eigenvalue weighted by atomic mass is 16.3. The van der Waals surface area contributed by atoms with Gasteiger partial charge in [-0.25, -0.2) is 0 Å². The number of aliphatic hydroxyl groups is 1. The average molecular weight is 270 g/mol. The maximum Gasteiger partial charge on any atom is 0.127 e. The molecule has 0 aliphatic rings. The van der Waals surface area contributed by atoms with Crippen molar-refractivity contribution in [3.05, 3.63) is 59.2 Å². The molecule has 0 saturated carbocycles. The number of rotatable bonds is 3. The summed E-state index contributed by atoms with van der Waals surface area (Å²) in [7, 11) is 0. The van der Waals surface area contributed by atoms with Gasteiger partial charge in [-0.3, -0.25) is 5.41 Å². The summed E-state index contributed by atoms with van der Waals surface area (Å²) in [6.07, 6.45) is 0. The van der Waals surface area contributed by atoms with Crippen LogP contribution < -0.4 is 5.73 Å². The Morgan fingerprint density at radius 2 is 1.75 bits per heavy atom. The molecule has 0 radical (unpaired) electrons. The predicted octanol–water partition coefficient (Wildman–Crippen LogP) is 2.62. The number of hydrogen-bond acceptors (Lipinski definition) is 4. The number of phenolic OH excluding ortho intramolecular Hbond substituents is 1. The fourth-order valence-corrected chi connectivity index (χ4v) is 2.09. The van der Waals surface area contributed by atoms with E-state index >= 15 is 0 Å². The summed E-state index contributed by atoms with van der Waals surface area (Å²) in [4.78, 5) is 0. The van der Waals surface area contributed by atoms with Crippen LogP contribution >= 0.6 is 0 Å². The fraction of sp³-hybridized carbons (Fsp3) is 0.188. The van der Waals surface area contributed by atoms with Gasteiger partial charge in [0.05, 0.1) is 11.3 Å². The molecule has 5 N–H and O–H groups in total. The molecule has 4 heteroatoms. The zero-order valence-electron chi connectivity index (χ0n) is 11.5. The molecule has 2 rings (SSSR count). The second-order valence-electron chi connectivity index (χ2n) is 5.26. The summed E-state index contributed by atoms with van der Waals surface area (Å²) in [5.74, 6) is -0.0654. The van der Waals surface area contributed by atoms with Gasteiger partial charge < -0.3 is 15.9 Å². The van der Waals surface area contributed by atoms with Crippen LogP contribution in [0.15, 0.2) is 42.5 Å². The molecule has 0 amide bonds. The largest absolute Gasteiger partial charge is 0.507 e. The van der Waals surface area contributed by atoms with E-state index in [1.807, 2.05) is 18.2 Å². The number of anilines is 1. The Balaban J connectivity index is 2.55. The van der Waals surface area contributed by atoms with E-state index in [2.05, 4.69) is 0 Å². The fourth-order valence-electron chi connectivity index (χ4n) is 2.09. The van der Waals surface area contributed by atoms with Gasteiger partial charge in [0.2, 0.25) is 0 Å². The third kappa shape index (κ3) is 2.65. The van der Waals surface area contributed by atoms with Gasteiger partial charge in [0.1, 0.15) is 5.75 Å². The number of hydrogen-bond donors (Lipinski definition) is 4. The van der Waals surface area contributed by atoms with Crippen LogP contribution in [0, 0.1) is 5.41 Å². The number of aromatic hydroxyl groups is 1. The van der Waals surface area contributed by atoms with Crippen molar-refractivity contribution in [3.8, 4) is 5.75 Å². The minimum Gasteiger partial charge on any atom is -0.507 e. The lowest BCUT2D eigenvalue weighted by Crippen LogP contribution is -2.19. The highest BCUT2D eigenvalue weighted by molar-refractivity contribution is 6.12. The first-order chi connectivity index (χ1) is 9.30. The molecule has 0 aromatic heterocycles. The van der Waals surface area contributed by atoms with Gasteiger partial charge in [0.25, 0.3) is 0 Å². The Morgan fingerprint density at radius 1 is 1.15 bits per heavy atom. The normalized spacial score (nSPS) is 11.3. The highest BCUT2D eigenvalue weighted by Crippen LogP contribution is 2.32. The molecule has 2 aromatic carbocycles. The van der Waals surface area contributed by atoms with Gasteiger partial charge in [0.15, 0.2) is 0 Å². The molecule has 4 nitrogen and oxygen atoms in total. The third-order valence-electron chi connectivity index (χ3n) is 3.16. The van der Waals surface area contributed by atoms with Gasteiger partial charge in [-0.05, 0) is 19.9 Å². The number of nitrogen functional groups attached to an aromatic ring is 1. The standard InChI is InChI=1S/C16H18N2O2/c1-16(2,20)12-8-11(14(19)9-13(12)17)15(18)10-6-4-3-5-7-10/h3-9,18-20H,17H2,1-2H3. The molecule has 0 unspecified atom stereocenters. The smallest absolute Gasteiger partial charge is 0.127 e. The van der Waals surface area contributed by atoms with Gasteiger partial charge >= 0.3 is 0 Å². The maximum absolute atomic E-state index is 10.1. The van der Waals surface area contributed by atoms with E-state index < -0.39 is 5.60 Å². The zero-order chi connectivity index (χ0) is 14.9. The highest BCUT2D eigenvalue weighted by Gasteiger charge is 2.22. The van der Waals surface area contributed by atoms with Gasteiger partial charge in [-0.1, -0.05) is 30.3 Å². The molecular formula is C16H18N2O2. The zero-order valence-corrected chi connectivity index (χ0v) is 11.5. The van der Waals surface area contributed by atoms with Gasteiger partial charge in [-0.15, -0.1) is 0 Å². The van der Waals surface area contributed by atoms with Crippen molar-refractivity contribution in [1.82, 2.24) is 0 Å². The van der Waals surface area contributed by atoms with Crippen LogP contribution in [0.2, 0.25) is 0 Å². The monoisotopic (exact) mass is 270 g/mol.